The van der Waals surface area contributed by atoms with Crippen LogP contribution in [0.25, 0.3) is 10.8 Å². The third-order valence-corrected chi connectivity index (χ3v) is 2.97. The standard InChI is InChI=1S/C13H12F3NO2.ClH/c14-13(15,16)12(19)11(17)9-5-6-10(18)8-4-2-1-3-7(8)9;/h1-6,11-12,18-19H,17H2;1H/t11-,12-;/m1./s1. The lowest BCUT2D eigenvalue weighted by Gasteiger charge is -2.23. The van der Waals surface area contributed by atoms with Gasteiger partial charge >= 0.3 is 6.18 Å². The largest absolute Gasteiger partial charge is 0.507 e. The van der Waals surface area contributed by atoms with Crippen LogP contribution in [0.3, 0.4) is 0 Å². The van der Waals surface area contributed by atoms with E-state index in [2.05, 4.69) is 0 Å². The highest BCUT2D eigenvalue weighted by Crippen LogP contribution is 2.34. The SMILES string of the molecule is Cl.N[C@H](c1ccc(O)c2ccccc12)[C@@H](O)C(F)(F)F. The van der Waals surface area contributed by atoms with Crippen molar-refractivity contribution in [3.63, 3.8) is 0 Å². The molecule has 0 aliphatic carbocycles. The maximum Gasteiger partial charge on any atom is 0.416 e. The molecular formula is C13H13ClF3NO2. The molecule has 0 aliphatic rings. The van der Waals surface area contributed by atoms with Gasteiger partial charge in [-0.25, -0.2) is 0 Å². The first-order valence-corrected chi connectivity index (χ1v) is 5.53. The Labute approximate surface area is 119 Å². The number of rotatable bonds is 2. The van der Waals surface area contributed by atoms with Gasteiger partial charge in [-0.2, -0.15) is 13.2 Å². The number of benzene rings is 2. The number of aliphatic hydroxyl groups is 1. The van der Waals surface area contributed by atoms with Crippen LogP contribution in [0.4, 0.5) is 13.2 Å². The second-order valence-corrected chi connectivity index (χ2v) is 4.23. The summed E-state index contributed by atoms with van der Waals surface area (Å²) >= 11 is 0. The van der Waals surface area contributed by atoms with Crippen molar-refractivity contribution in [2.75, 3.05) is 0 Å². The number of fused-ring (bicyclic) bond motifs is 1. The molecule has 110 valence electrons. The highest BCUT2D eigenvalue weighted by atomic mass is 35.5. The molecule has 0 saturated heterocycles. The molecule has 0 fully saturated rings. The summed E-state index contributed by atoms with van der Waals surface area (Å²) in [6, 6.07) is 7.34. The lowest BCUT2D eigenvalue weighted by Crippen LogP contribution is -2.38. The van der Waals surface area contributed by atoms with E-state index in [1.165, 1.54) is 12.1 Å². The minimum Gasteiger partial charge on any atom is -0.507 e. The van der Waals surface area contributed by atoms with Crippen LogP contribution in [0.1, 0.15) is 11.6 Å². The van der Waals surface area contributed by atoms with E-state index in [0.29, 0.717) is 10.8 Å². The van der Waals surface area contributed by atoms with Crippen LogP contribution in [0.5, 0.6) is 5.75 Å². The van der Waals surface area contributed by atoms with Gasteiger partial charge in [-0.15, -0.1) is 12.4 Å². The molecule has 0 aromatic heterocycles. The molecular weight excluding hydrogens is 295 g/mol. The van der Waals surface area contributed by atoms with Crippen molar-refractivity contribution >= 4 is 23.2 Å². The Morgan fingerprint density at radius 1 is 1.00 bits per heavy atom. The van der Waals surface area contributed by atoms with Crippen molar-refractivity contribution in [2.45, 2.75) is 18.3 Å². The number of hydrogen-bond acceptors (Lipinski definition) is 3. The first-order chi connectivity index (χ1) is 8.82. The molecule has 2 aromatic rings. The molecule has 2 rings (SSSR count). The van der Waals surface area contributed by atoms with Crippen molar-refractivity contribution in [1.82, 2.24) is 0 Å². The Balaban J connectivity index is 0.00000200. The first kappa shape index (κ1) is 16.6. The molecule has 4 N–H and O–H groups in total. The summed E-state index contributed by atoms with van der Waals surface area (Å²) in [4.78, 5) is 0. The van der Waals surface area contributed by atoms with E-state index in [0.717, 1.165) is 0 Å². The molecule has 0 bridgehead atoms. The fourth-order valence-corrected chi connectivity index (χ4v) is 1.97. The fourth-order valence-electron chi connectivity index (χ4n) is 1.97. The Morgan fingerprint density at radius 2 is 1.55 bits per heavy atom. The minimum absolute atomic E-state index is 0. The summed E-state index contributed by atoms with van der Waals surface area (Å²) in [6.45, 7) is 0. The molecule has 3 nitrogen and oxygen atoms in total. The summed E-state index contributed by atoms with van der Waals surface area (Å²) < 4.78 is 37.5. The maximum atomic E-state index is 12.5. The van der Waals surface area contributed by atoms with Crippen LogP contribution >= 0.6 is 12.4 Å². The quantitative estimate of drug-likeness (QED) is 0.799. The number of halogens is 4. The number of phenols is 1. The van der Waals surface area contributed by atoms with Crippen LogP contribution in [0.15, 0.2) is 36.4 Å². The van der Waals surface area contributed by atoms with Crippen LogP contribution in [-0.2, 0) is 0 Å². The van der Waals surface area contributed by atoms with E-state index >= 15 is 0 Å². The maximum absolute atomic E-state index is 12.5. The van der Waals surface area contributed by atoms with E-state index in [4.69, 9.17) is 5.73 Å². The van der Waals surface area contributed by atoms with Gasteiger partial charge < -0.3 is 15.9 Å². The van der Waals surface area contributed by atoms with Crippen molar-refractivity contribution in [3.05, 3.63) is 42.0 Å². The molecule has 0 unspecified atom stereocenters. The van der Waals surface area contributed by atoms with Crippen molar-refractivity contribution in [2.24, 2.45) is 5.73 Å². The van der Waals surface area contributed by atoms with E-state index in [1.807, 2.05) is 0 Å². The molecule has 0 spiro atoms. The Kier molecular flexibility index (Phi) is 4.86. The number of nitrogens with two attached hydrogens (primary N) is 1. The summed E-state index contributed by atoms with van der Waals surface area (Å²) in [7, 11) is 0. The van der Waals surface area contributed by atoms with Gasteiger partial charge in [-0.05, 0) is 17.0 Å². The Bertz CT molecular complexity index is 604. The van der Waals surface area contributed by atoms with E-state index in [9.17, 15) is 23.4 Å². The number of aliphatic hydroxyl groups excluding tert-OH is 1. The molecule has 2 aromatic carbocycles. The second-order valence-electron chi connectivity index (χ2n) is 4.23. The zero-order valence-corrected chi connectivity index (χ0v) is 10.9. The van der Waals surface area contributed by atoms with Crippen molar-refractivity contribution in [3.8, 4) is 5.75 Å². The van der Waals surface area contributed by atoms with Crippen molar-refractivity contribution < 1.29 is 23.4 Å². The van der Waals surface area contributed by atoms with Gasteiger partial charge in [0.2, 0.25) is 0 Å². The van der Waals surface area contributed by atoms with Crippen LogP contribution in [0.2, 0.25) is 0 Å². The molecule has 2 atom stereocenters. The van der Waals surface area contributed by atoms with Gasteiger partial charge in [0, 0.05) is 5.39 Å². The Hall–Kier alpha value is -1.50. The second kappa shape index (κ2) is 5.87. The lowest BCUT2D eigenvalue weighted by atomic mass is 9.95. The van der Waals surface area contributed by atoms with Gasteiger partial charge in [0.15, 0.2) is 6.10 Å². The highest BCUT2D eigenvalue weighted by molar-refractivity contribution is 5.91. The number of aromatic hydroxyl groups is 1. The molecule has 0 aliphatic heterocycles. The fraction of sp³-hybridized carbons (Fsp3) is 0.231. The minimum atomic E-state index is -4.79. The molecule has 0 heterocycles. The van der Waals surface area contributed by atoms with E-state index in [-0.39, 0.29) is 23.7 Å². The predicted octanol–water partition coefficient (Wildman–Crippen LogP) is 2.89. The third kappa shape index (κ3) is 2.98. The summed E-state index contributed by atoms with van der Waals surface area (Å²) in [5, 5.41) is 19.7. The summed E-state index contributed by atoms with van der Waals surface area (Å²) in [6.07, 6.45) is -7.45. The summed E-state index contributed by atoms with van der Waals surface area (Å²) in [5.74, 6) is -0.0481. The third-order valence-electron chi connectivity index (χ3n) is 2.97. The smallest absolute Gasteiger partial charge is 0.416 e. The summed E-state index contributed by atoms with van der Waals surface area (Å²) in [5.41, 5.74) is 5.63. The van der Waals surface area contributed by atoms with Gasteiger partial charge in [0.25, 0.3) is 0 Å². The van der Waals surface area contributed by atoms with E-state index in [1.54, 1.807) is 24.3 Å². The average molecular weight is 308 g/mol. The number of alkyl halides is 3. The van der Waals surface area contributed by atoms with Gasteiger partial charge in [-0.1, -0.05) is 30.3 Å². The van der Waals surface area contributed by atoms with Crippen LogP contribution in [-0.4, -0.2) is 22.5 Å². The molecule has 0 radical (unpaired) electrons. The molecule has 20 heavy (non-hydrogen) atoms. The monoisotopic (exact) mass is 307 g/mol. The zero-order valence-electron chi connectivity index (χ0n) is 10.1. The topological polar surface area (TPSA) is 66.5 Å². The number of hydrogen-bond donors (Lipinski definition) is 3. The average Bonchev–Trinajstić information content (AvgIpc) is 2.37. The Morgan fingerprint density at radius 3 is 2.10 bits per heavy atom. The normalized spacial score (nSPS) is 14.7. The van der Waals surface area contributed by atoms with Crippen LogP contribution in [0, 0.1) is 0 Å². The molecule has 7 heteroatoms. The van der Waals surface area contributed by atoms with Gasteiger partial charge in [0.1, 0.15) is 5.75 Å². The van der Waals surface area contributed by atoms with Gasteiger partial charge in [-0.3, -0.25) is 0 Å². The van der Waals surface area contributed by atoms with Crippen molar-refractivity contribution in [1.29, 1.82) is 0 Å². The highest BCUT2D eigenvalue weighted by Gasteiger charge is 2.43. The zero-order chi connectivity index (χ0) is 14.2. The molecule has 0 saturated carbocycles. The lowest BCUT2D eigenvalue weighted by molar-refractivity contribution is -0.210. The van der Waals surface area contributed by atoms with E-state index < -0.39 is 18.3 Å². The number of phenolic OH excluding ortho intramolecular Hbond substituents is 1. The predicted molar refractivity (Wildman–Crippen MR) is 71.9 cm³/mol. The first-order valence-electron chi connectivity index (χ1n) is 5.53. The van der Waals surface area contributed by atoms with Gasteiger partial charge in [0.05, 0.1) is 6.04 Å². The molecule has 0 amide bonds. The van der Waals surface area contributed by atoms with Crippen LogP contribution < -0.4 is 5.73 Å².